The minimum atomic E-state index is -0.0425. The molecule has 1 saturated heterocycles. The first-order valence-corrected chi connectivity index (χ1v) is 10.0. The molecule has 0 amide bonds. The summed E-state index contributed by atoms with van der Waals surface area (Å²) >= 11 is 0. The van der Waals surface area contributed by atoms with E-state index in [0.717, 1.165) is 43.3 Å². The molecule has 0 aliphatic carbocycles. The van der Waals surface area contributed by atoms with E-state index in [4.69, 9.17) is 14.7 Å². The van der Waals surface area contributed by atoms with Gasteiger partial charge in [-0.25, -0.2) is 15.0 Å². The maximum Gasteiger partial charge on any atom is 0.265 e. The lowest BCUT2D eigenvalue weighted by atomic mass is 10.2. The van der Waals surface area contributed by atoms with E-state index in [1.165, 1.54) is 0 Å². The van der Waals surface area contributed by atoms with Crippen molar-refractivity contribution in [1.29, 1.82) is 0 Å². The number of fused-ring (bicyclic) bond motifs is 4. The van der Waals surface area contributed by atoms with Gasteiger partial charge in [0.15, 0.2) is 11.3 Å². The molecule has 1 aliphatic heterocycles. The summed E-state index contributed by atoms with van der Waals surface area (Å²) in [6.45, 7) is 4.20. The molecule has 0 bridgehead atoms. The summed E-state index contributed by atoms with van der Waals surface area (Å²) in [4.78, 5) is 27.6. The average molecular weight is 377 g/mol. The molecule has 1 atom stereocenters. The zero-order valence-electron chi connectivity index (χ0n) is 16.0. The number of benzene rings is 1. The van der Waals surface area contributed by atoms with Crippen LogP contribution in [0.25, 0.3) is 33.2 Å². The van der Waals surface area contributed by atoms with Crippen molar-refractivity contribution in [3.8, 4) is 0 Å². The van der Waals surface area contributed by atoms with Gasteiger partial charge in [-0.15, -0.1) is 0 Å². The number of ether oxygens (including phenoxy) is 1. The van der Waals surface area contributed by atoms with Gasteiger partial charge in [0.25, 0.3) is 5.56 Å². The summed E-state index contributed by atoms with van der Waals surface area (Å²) in [6, 6.07) is 7.76. The highest BCUT2D eigenvalue weighted by Gasteiger charge is 2.23. The molecule has 1 aromatic carbocycles. The first-order valence-electron chi connectivity index (χ1n) is 10.0. The quantitative estimate of drug-likeness (QED) is 0.534. The van der Waals surface area contributed by atoms with Crippen molar-refractivity contribution in [3.63, 3.8) is 0 Å². The highest BCUT2D eigenvalue weighted by atomic mass is 16.5. The second kappa shape index (κ2) is 6.98. The Balaban J connectivity index is 1.80. The minimum Gasteiger partial charge on any atom is -0.376 e. The van der Waals surface area contributed by atoms with E-state index in [-0.39, 0.29) is 11.7 Å². The van der Waals surface area contributed by atoms with Gasteiger partial charge in [-0.2, -0.15) is 0 Å². The Kier molecular flexibility index (Phi) is 4.31. The fraction of sp³-hybridized carbons (Fsp3) is 0.429. The highest BCUT2D eigenvalue weighted by Crippen LogP contribution is 2.26. The summed E-state index contributed by atoms with van der Waals surface area (Å²) in [7, 11) is 0. The molecule has 4 heterocycles. The predicted molar refractivity (Wildman–Crippen MR) is 108 cm³/mol. The highest BCUT2D eigenvalue weighted by molar-refractivity contribution is 6.04. The van der Waals surface area contributed by atoms with Gasteiger partial charge in [-0.3, -0.25) is 9.36 Å². The lowest BCUT2D eigenvalue weighted by molar-refractivity contribution is 0.0987. The van der Waals surface area contributed by atoms with Crippen LogP contribution in [0.15, 0.2) is 35.4 Å². The van der Waals surface area contributed by atoms with Crippen LogP contribution in [-0.2, 0) is 17.8 Å². The number of nitrogens with zero attached hydrogens (tertiary/aromatic N) is 5. The Labute approximate surface area is 162 Å². The Morgan fingerprint density at radius 2 is 2.00 bits per heavy atom. The van der Waals surface area contributed by atoms with Crippen molar-refractivity contribution >= 4 is 33.2 Å². The fourth-order valence-corrected chi connectivity index (χ4v) is 3.99. The molecule has 0 radical (unpaired) electrons. The summed E-state index contributed by atoms with van der Waals surface area (Å²) in [5.41, 5.74) is 3.56. The van der Waals surface area contributed by atoms with Crippen LogP contribution < -0.4 is 5.56 Å². The molecule has 7 nitrogen and oxygen atoms in total. The van der Waals surface area contributed by atoms with Crippen molar-refractivity contribution in [2.45, 2.75) is 51.8 Å². The zero-order chi connectivity index (χ0) is 19.1. The molecule has 4 aromatic rings. The van der Waals surface area contributed by atoms with E-state index in [1.807, 2.05) is 28.8 Å². The SMILES string of the molecule is CCCCn1cnc2c(c1=O)c1nc3ccccc3nc1n2C[C@H]1CCCO1. The van der Waals surface area contributed by atoms with E-state index in [9.17, 15) is 4.79 Å². The maximum atomic E-state index is 13.2. The smallest absolute Gasteiger partial charge is 0.265 e. The third kappa shape index (κ3) is 2.77. The summed E-state index contributed by atoms with van der Waals surface area (Å²) in [5, 5.41) is 0.560. The number of hydrogen-bond acceptors (Lipinski definition) is 5. The largest absolute Gasteiger partial charge is 0.376 e. The maximum absolute atomic E-state index is 13.2. The van der Waals surface area contributed by atoms with Gasteiger partial charge in [-0.1, -0.05) is 25.5 Å². The van der Waals surface area contributed by atoms with Crippen LogP contribution in [0.3, 0.4) is 0 Å². The topological polar surface area (TPSA) is 74.8 Å². The number of unbranched alkanes of at least 4 members (excludes halogenated alkanes) is 1. The van der Waals surface area contributed by atoms with Crippen LogP contribution in [0.5, 0.6) is 0 Å². The molecule has 7 heteroatoms. The normalized spacial score (nSPS) is 17.2. The number of aryl methyl sites for hydroxylation is 1. The minimum absolute atomic E-state index is 0.0425. The lowest BCUT2D eigenvalue weighted by Crippen LogP contribution is -2.21. The van der Waals surface area contributed by atoms with Crippen LogP contribution in [0.2, 0.25) is 0 Å². The Bertz CT molecular complexity index is 1220. The predicted octanol–water partition coefficient (Wildman–Crippen LogP) is 3.27. The summed E-state index contributed by atoms with van der Waals surface area (Å²) in [5.74, 6) is 0. The molecule has 0 spiro atoms. The van der Waals surface area contributed by atoms with Crippen molar-refractivity contribution < 1.29 is 4.74 Å². The van der Waals surface area contributed by atoms with Gasteiger partial charge >= 0.3 is 0 Å². The standard InChI is InChI=1S/C21H23N5O2/c1-2-3-10-25-13-22-19-17(21(25)27)18-20(26(19)12-14-7-6-11-28-14)24-16-9-5-4-8-15(16)23-18/h4-5,8-9,13-14H,2-3,6-7,10-12H2,1H3/t14-/m1/s1. The number of aromatic nitrogens is 5. The fourth-order valence-electron chi connectivity index (χ4n) is 3.99. The Morgan fingerprint density at radius 3 is 2.75 bits per heavy atom. The average Bonchev–Trinajstić information content (AvgIpc) is 3.33. The van der Waals surface area contributed by atoms with E-state index in [0.29, 0.717) is 35.3 Å². The second-order valence-electron chi connectivity index (χ2n) is 7.43. The zero-order valence-corrected chi connectivity index (χ0v) is 16.0. The summed E-state index contributed by atoms with van der Waals surface area (Å²) < 4.78 is 9.55. The second-order valence-corrected chi connectivity index (χ2v) is 7.43. The van der Waals surface area contributed by atoms with Crippen molar-refractivity contribution in [2.24, 2.45) is 0 Å². The molecular formula is C21H23N5O2. The van der Waals surface area contributed by atoms with Gasteiger partial charge in [-0.05, 0) is 31.4 Å². The van der Waals surface area contributed by atoms with E-state index < -0.39 is 0 Å². The molecule has 28 heavy (non-hydrogen) atoms. The van der Waals surface area contributed by atoms with Crippen LogP contribution in [0.1, 0.15) is 32.6 Å². The van der Waals surface area contributed by atoms with E-state index in [2.05, 4.69) is 11.9 Å². The molecule has 0 saturated carbocycles. The summed E-state index contributed by atoms with van der Waals surface area (Å²) in [6.07, 6.45) is 5.82. The molecule has 1 fully saturated rings. The third-order valence-electron chi connectivity index (χ3n) is 5.48. The first-order chi connectivity index (χ1) is 13.8. The number of hydrogen-bond donors (Lipinski definition) is 0. The lowest BCUT2D eigenvalue weighted by Gasteiger charge is -2.12. The van der Waals surface area contributed by atoms with Crippen molar-refractivity contribution in [1.82, 2.24) is 24.1 Å². The van der Waals surface area contributed by atoms with Crippen molar-refractivity contribution in [3.05, 3.63) is 40.9 Å². The van der Waals surface area contributed by atoms with Gasteiger partial charge in [0.1, 0.15) is 10.9 Å². The molecule has 1 aliphatic rings. The molecule has 144 valence electrons. The van der Waals surface area contributed by atoms with Crippen LogP contribution in [-0.4, -0.2) is 36.8 Å². The first kappa shape index (κ1) is 17.3. The molecular weight excluding hydrogens is 354 g/mol. The van der Waals surface area contributed by atoms with Gasteiger partial charge < -0.3 is 9.30 Å². The van der Waals surface area contributed by atoms with Gasteiger partial charge in [0.2, 0.25) is 0 Å². The third-order valence-corrected chi connectivity index (χ3v) is 5.48. The van der Waals surface area contributed by atoms with Crippen LogP contribution >= 0.6 is 0 Å². The Morgan fingerprint density at radius 1 is 1.18 bits per heavy atom. The van der Waals surface area contributed by atoms with E-state index >= 15 is 0 Å². The van der Waals surface area contributed by atoms with Gasteiger partial charge in [0, 0.05) is 13.2 Å². The molecule has 0 N–H and O–H groups in total. The van der Waals surface area contributed by atoms with Crippen LogP contribution in [0.4, 0.5) is 0 Å². The Hall–Kier alpha value is -2.80. The molecule has 3 aromatic heterocycles. The molecule has 5 rings (SSSR count). The monoisotopic (exact) mass is 377 g/mol. The van der Waals surface area contributed by atoms with Crippen molar-refractivity contribution in [2.75, 3.05) is 6.61 Å². The number of rotatable bonds is 5. The molecule has 0 unspecified atom stereocenters. The van der Waals surface area contributed by atoms with E-state index in [1.54, 1.807) is 10.9 Å². The number of para-hydroxylation sites is 2. The van der Waals surface area contributed by atoms with Crippen LogP contribution in [0, 0.1) is 0 Å². The van der Waals surface area contributed by atoms with Gasteiger partial charge in [0.05, 0.1) is 30.0 Å².